The van der Waals surface area contributed by atoms with Crippen LogP contribution in [0.1, 0.15) is 12.1 Å². The Bertz CT molecular complexity index is 545. The first kappa shape index (κ1) is 11.2. The van der Waals surface area contributed by atoms with Crippen molar-refractivity contribution in [3.63, 3.8) is 0 Å². The Morgan fingerprint density at radius 1 is 1.50 bits per heavy atom. The molecule has 0 radical (unpaired) electrons. The van der Waals surface area contributed by atoms with E-state index in [4.69, 9.17) is 5.11 Å². The number of aliphatic carboxylic acids is 1. The number of hydrogen-bond donors (Lipinski definition) is 1. The average Bonchev–Trinajstić information content (AvgIpc) is 2.94. The highest BCUT2D eigenvalue weighted by molar-refractivity contribution is 5.70. The molecule has 0 aromatic carbocycles. The standard InChI is InChI=1S/C13H15N3O2/c17-13(18)10-4-6-15(7-10)8-11-9-16-5-2-1-3-12(16)14-11/h1-3,5,9-10H,4,6-8H2,(H,17,18)/t10-/m0/s1. The summed E-state index contributed by atoms with van der Waals surface area (Å²) < 4.78 is 1.99. The molecule has 5 nitrogen and oxygen atoms in total. The predicted molar refractivity (Wildman–Crippen MR) is 66.2 cm³/mol. The van der Waals surface area contributed by atoms with Crippen LogP contribution in [0.5, 0.6) is 0 Å². The number of fused-ring (bicyclic) bond motifs is 1. The Labute approximate surface area is 105 Å². The Balaban J connectivity index is 1.71. The van der Waals surface area contributed by atoms with Crippen molar-refractivity contribution < 1.29 is 9.90 Å². The summed E-state index contributed by atoms with van der Waals surface area (Å²) >= 11 is 0. The van der Waals surface area contributed by atoms with Crippen LogP contribution in [0.15, 0.2) is 30.6 Å². The third-order valence-electron chi connectivity index (χ3n) is 3.42. The Morgan fingerprint density at radius 3 is 3.11 bits per heavy atom. The lowest BCUT2D eigenvalue weighted by Gasteiger charge is -2.12. The van der Waals surface area contributed by atoms with Gasteiger partial charge in [-0.15, -0.1) is 0 Å². The molecule has 0 bridgehead atoms. The Kier molecular flexibility index (Phi) is 2.76. The number of carbonyl (C=O) groups is 1. The number of carboxylic acid groups (broad SMARTS) is 1. The minimum Gasteiger partial charge on any atom is -0.481 e. The maximum Gasteiger partial charge on any atom is 0.307 e. The van der Waals surface area contributed by atoms with Gasteiger partial charge in [-0.05, 0) is 25.1 Å². The van der Waals surface area contributed by atoms with E-state index in [1.165, 1.54) is 0 Å². The normalized spacial score (nSPS) is 20.6. The summed E-state index contributed by atoms with van der Waals surface area (Å²) in [7, 11) is 0. The fraction of sp³-hybridized carbons (Fsp3) is 0.385. The molecule has 1 aliphatic rings. The zero-order valence-electron chi connectivity index (χ0n) is 9.99. The van der Waals surface area contributed by atoms with E-state index in [1.54, 1.807) is 0 Å². The highest BCUT2D eigenvalue weighted by atomic mass is 16.4. The Hall–Kier alpha value is -1.88. The summed E-state index contributed by atoms with van der Waals surface area (Å²) in [6, 6.07) is 5.89. The second-order valence-corrected chi connectivity index (χ2v) is 4.76. The summed E-state index contributed by atoms with van der Waals surface area (Å²) in [6.45, 7) is 2.19. The number of hydrogen-bond acceptors (Lipinski definition) is 3. The van der Waals surface area contributed by atoms with Gasteiger partial charge >= 0.3 is 5.97 Å². The van der Waals surface area contributed by atoms with E-state index in [9.17, 15) is 4.79 Å². The van der Waals surface area contributed by atoms with Gasteiger partial charge < -0.3 is 9.51 Å². The van der Waals surface area contributed by atoms with Crippen molar-refractivity contribution in [1.82, 2.24) is 14.3 Å². The number of carboxylic acids is 1. The van der Waals surface area contributed by atoms with Crippen LogP contribution in [0.25, 0.3) is 5.65 Å². The van der Waals surface area contributed by atoms with E-state index >= 15 is 0 Å². The van der Waals surface area contributed by atoms with E-state index in [0.29, 0.717) is 6.54 Å². The molecule has 2 aromatic rings. The molecule has 94 valence electrons. The van der Waals surface area contributed by atoms with Crippen molar-refractivity contribution in [2.75, 3.05) is 13.1 Å². The smallest absolute Gasteiger partial charge is 0.307 e. The molecular formula is C13H15N3O2. The van der Waals surface area contributed by atoms with Crippen LogP contribution < -0.4 is 0 Å². The van der Waals surface area contributed by atoms with Gasteiger partial charge in [0.1, 0.15) is 5.65 Å². The third-order valence-corrected chi connectivity index (χ3v) is 3.42. The molecule has 1 saturated heterocycles. The molecular weight excluding hydrogens is 230 g/mol. The number of rotatable bonds is 3. The molecule has 0 saturated carbocycles. The summed E-state index contributed by atoms with van der Waals surface area (Å²) in [5.41, 5.74) is 1.92. The lowest BCUT2D eigenvalue weighted by molar-refractivity contribution is -0.141. The van der Waals surface area contributed by atoms with Gasteiger partial charge in [0.15, 0.2) is 0 Å². The second kappa shape index (κ2) is 4.42. The van der Waals surface area contributed by atoms with Gasteiger partial charge in [0, 0.05) is 25.5 Å². The molecule has 3 heterocycles. The van der Waals surface area contributed by atoms with Gasteiger partial charge in [-0.1, -0.05) is 6.07 Å². The van der Waals surface area contributed by atoms with Gasteiger partial charge in [0.05, 0.1) is 11.6 Å². The molecule has 0 spiro atoms. The van der Waals surface area contributed by atoms with E-state index in [0.717, 1.165) is 30.9 Å². The molecule has 1 N–H and O–H groups in total. The monoisotopic (exact) mass is 245 g/mol. The highest BCUT2D eigenvalue weighted by Crippen LogP contribution is 2.18. The average molecular weight is 245 g/mol. The molecule has 0 aliphatic carbocycles. The lowest BCUT2D eigenvalue weighted by atomic mass is 10.1. The Morgan fingerprint density at radius 2 is 2.39 bits per heavy atom. The molecule has 3 rings (SSSR count). The minimum absolute atomic E-state index is 0.220. The van der Waals surface area contributed by atoms with Crippen molar-refractivity contribution >= 4 is 11.6 Å². The maximum absolute atomic E-state index is 10.9. The van der Waals surface area contributed by atoms with Crippen LogP contribution in [0.3, 0.4) is 0 Å². The van der Waals surface area contributed by atoms with Crippen molar-refractivity contribution in [1.29, 1.82) is 0 Å². The van der Waals surface area contributed by atoms with E-state index < -0.39 is 5.97 Å². The molecule has 0 amide bonds. The van der Waals surface area contributed by atoms with Crippen LogP contribution in [-0.2, 0) is 11.3 Å². The highest BCUT2D eigenvalue weighted by Gasteiger charge is 2.28. The molecule has 0 unspecified atom stereocenters. The van der Waals surface area contributed by atoms with Crippen LogP contribution in [0, 0.1) is 5.92 Å². The molecule has 1 atom stereocenters. The van der Waals surface area contributed by atoms with Crippen LogP contribution in [-0.4, -0.2) is 38.4 Å². The summed E-state index contributed by atoms with van der Waals surface area (Å²) in [6.07, 6.45) is 4.71. The summed E-state index contributed by atoms with van der Waals surface area (Å²) in [4.78, 5) is 17.6. The SMILES string of the molecule is O=C(O)[C@H]1CCN(Cc2cn3ccccc3n2)C1. The van der Waals surface area contributed by atoms with E-state index in [-0.39, 0.29) is 5.92 Å². The van der Waals surface area contributed by atoms with Crippen LogP contribution in [0.2, 0.25) is 0 Å². The topological polar surface area (TPSA) is 57.8 Å². The largest absolute Gasteiger partial charge is 0.481 e. The number of imidazole rings is 1. The fourth-order valence-electron chi connectivity index (χ4n) is 2.47. The lowest BCUT2D eigenvalue weighted by Crippen LogP contribution is -2.22. The van der Waals surface area contributed by atoms with Gasteiger partial charge in [0.2, 0.25) is 0 Å². The zero-order valence-corrected chi connectivity index (χ0v) is 9.99. The van der Waals surface area contributed by atoms with E-state index in [2.05, 4.69) is 9.88 Å². The number of aromatic nitrogens is 2. The summed E-state index contributed by atoms with van der Waals surface area (Å²) in [5, 5.41) is 8.97. The number of pyridine rings is 1. The van der Waals surface area contributed by atoms with E-state index in [1.807, 2.05) is 35.0 Å². The number of nitrogens with zero attached hydrogens (tertiary/aromatic N) is 3. The molecule has 1 fully saturated rings. The first-order chi connectivity index (χ1) is 8.72. The van der Waals surface area contributed by atoms with Gasteiger partial charge in [0.25, 0.3) is 0 Å². The van der Waals surface area contributed by atoms with Gasteiger partial charge in [-0.2, -0.15) is 0 Å². The molecule has 1 aliphatic heterocycles. The molecule has 5 heteroatoms. The van der Waals surface area contributed by atoms with Crippen molar-refractivity contribution in [2.45, 2.75) is 13.0 Å². The fourth-order valence-corrected chi connectivity index (χ4v) is 2.47. The first-order valence-electron chi connectivity index (χ1n) is 6.10. The molecule has 18 heavy (non-hydrogen) atoms. The number of likely N-dealkylation sites (tertiary alicyclic amines) is 1. The first-order valence-corrected chi connectivity index (χ1v) is 6.10. The summed E-state index contributed by atoms with van der Waals surface area (Å²) in [5.74, 6) is -0.908. The van der Waals surface area contributed by atoms with Crippen LogP contribution in [0.4, 0.5) is 0 Å². The van der Waals surface area contributed by atoms with Crippen molar-refractivity contribution in [3.8, 4) is 0 Å². The minimum atomic E-state index is -0.687. The third kappa shape index (κ3) is 2.09. The molecule has 2 aromatic heterocycles. The van der Waals surface area contributed by atoms with Gasteiger partial charge in [-0.3, -0.25) is 9.69 Å². The van der Waals surface area contributed by atoms with Crippen molar-refractivity contribution in [2.24, 2.45) is 5.92 Å². The maximum atomic E-state index is 10.9. The quantitative estimate of drug-likeness (QED) is 0.884. The zero-order chi connectivity index (χ0) is 12.5. The van der Waals surface area contributed by atoms with Crippen LogP contribution >= 0.6 is 0 Å². The second-order valence-electron chi connectivity index (χ2n) is 4.76. The van der Waals surface area contributed by atoms with Crippen molar-refractivity contribution in [3.05, 3.63) is 36.3 Å². The predicted octanol–water partition coefficient (Wildman–Crippen LogP) is 1.24. The van der Waals surface area contributed by atoms with Gasteiger partial charge in [-0.25, -0.2) is 4.98 Å².